The minimum atomic E-state index is -1.08. The number of piperazine rings is 1. The summed E-state index contributed by atoms with van der Waals surface area (Å²) in [5.41, 5.74) is 2.40. The number of carboxylic acid groups (broad SMARTS) is 1. The molecule has 0 aliphatic carbocycles. The number of para-hydroxylation sites is 1. The predicted octanol–water partition coefficient (Wildman–Crippen LogP) is 4.04. The average molecular weight is 517 g/mol. The molecule has 2 aliphatic rings. The molecule has 1 saturated heterocycles. The Hall–Kier alpha value is -3.62. The standard InChI is InChI=1S/C30H36N4O4/c1-30(2)20-34(19-24(29(36)37)27-26(30)23-10-4-5-11-25(23)31-27)28(35)21-8-6-9-22(18-21)38-17-7-12-33-15-13-32(3)14-16-33/h4-6,8-11,18-19,31H,7,12-17,20H2,1-3H3,(H,36,37). The number of ether oxygens (including phenoxy) is 1. The summed E-state index contributed by atoms with van der Waals surface area (Å²) in [7, 11) is 2.15. The van der Waals surface area contributed by atoms with Crippen molar-refractivity contribution < 1.29 is 19.4 Å². The highest BCUT2D eigenvalue weighted by Gasteiger charge is 2.37. The lowest BCUT2D eigenvalue weighted by atomic mass is 9.81. The van der Waals surface area contributed by atoms with E-state index >= 15 is 0 Å². The lowest BCUT2D eigenvalue weighted by Crippen LogP contribution is -2.44. The maximum atomic E-state index is 13.7. The first-order chi connectivity index (χ1) is 18.2. The number of carbonyl (C=O) groups is 2. The van der Waals surface area contributed by atoms with E-state index in [2.05, 4.69) is 21.8 Å². The Bertz CT molecular complexity index is 1370. The van der Waals surface area contributed by atoms with Crippen LogP contribution in [-0.4, -0.2) is 89.6 Å². The molecule has 2 aliphatic heterocycles. The molecular weight excluding hydrogens is 480 g/mol. The molecule has 1 amide bonds. The van der Waals surface area contributed by atoms with Crippen molar-refractivity contribution in [3.8, 4) is 5.75 Å². The molecule has 0 bridgehead atoms. The van der Waals surface area contributed by atoms with E-state index in [4.69, 9.17) is 4.74 Å². The van der Waals surface area contributed by atoms with Crippen LogP contribution in [0.25, 0.3) is 16.5 Å². The lowest BCUT2D eigenvalue weighted by Gasteiger charge is -2.32. The van der Waals surface area contributed by atoms with Crippen LogP contribution in [-0.2, 0) is 10.2 Å². The van der Waals surface area contributed by atoms with Gasteiger partial charge in [0.25, 0.3) is 5.91 Å². The van der Waals surface area contributed by atoms with Gasteiger partial charge in [-0.1, -0.05) is 38.1 Å². The van der Waals surface area contributed by atoms with E-state index in [0.717, 1.165) is 55.6 Å². The highest BCUT2D eigenvalue weighted by atomic mass is 16.5. The lowest BCUT2D eigenvalue weighted by molar-refractivity contribution is -0.130. The number of aliphatic carboxylic acids is 1. The first-order valence-electron chi connectivity index (χ1n) is 13.2. The van der Waals surface area contributed by atoms with Gasteiger partial charge in [-0.25, -0.2) is 4.79 Å². The Labute approximate surface area is 223 Å². The third-order valence-corrected chi connectivity index (χ3v) is 7.56. The summed E-state index contributed by atoms with van der Waals surface area (Å²) in [4.78, 5) is 35.6. The molecule has 8 nitrogen and oxygen atoms in total. The molecule has 2 aromatic carbocycles. The quantitative estimate of drug-likeness (QED) is 0.461. The van der Waals surface area contributed by atoms with Crippen molar-refractivity contribution in [2.24, 2.45) is 0 Å². The van der Waals surface area contributed by atoms with Gasteiger partial charge in [-0.15, -0.1) is 0 Å². The number of nitrogens with one attached hydrogen (secondary N) is 1. The van der Waals surface area contributed by atoms with Crippen molar-refractivity contribution in [1.82, 2.24) is 19.7 Å². The van der Waals surface area contributed by atoms with Crippen molar-refractivity contribution in [3.63, 3.8) is 0 Å². The molecule has 1 fully saturated rings. The monoisotopic (exact) mass is 516 g/mol. The molecule has 8 heteroatoms. The smallest absolute Gasteiger partial charge is 0.339 e. The van der Waals surface area contributed by atoms with E-state index in [1.165, 1.54) is 11.1 Å². The van der Waals surface area contributed by atoms with Crippen LogP contribution in [0.2, 0.25) is 0 Å². The van der Waals surface area contributed by atoms with Crippen LogP contribution in [0.15, 0.2) is 54.7 Å². The summed E-state index contributed by atoms with van der Waals surface area (Å²) in [5.74, 6) is -0.693. The third-order valence-electron chi connectivity index (χ3n) is 7.56. The molecule has 0 saturated carbocycles. The van der Waals surface area contributed by atoms with Gasteiger partial charge in [0, 0.05) is 67.3 Å². The number of H-pyrrole nitrogens is 1. The molecule has 0 radical (unpaired) electrons. The van der Waals surface area contributed by atoms with Gasteiger partial charge in [0.15, 0.2) is 0 Å². The topological polar surface area (TPSA) is 89.1 Å². The molecule has 1 aromatic heterocycles. The zero-order valence-electron chi connectivity index (χ0n) is 22.4. The van der Waals surface area contributed by atoms with Gasteiger partial charge in [-0.3, -0.25) is 4.79 Å². The number of aromatic nitrogens is 1. The van der Waals surface area contributed by atoms with E-state index in [1.54, 1.807) is 12.1 Å². The van der Waals surface area contributed by atoms with Gasteiger partial charge in [0.1, 0.15) is 5.75 Å². The minimum absolute atomic E-state index is 0.0754. The van der Waals surface area contributed by atoms with Crippen LogP contribution in [0, 0.1) is 0 Å². The predicted molar refractivity (Wildman–Crippen MR) is 148 cm³/mol. The van der Waals surface area contributed by atoms with E-state index < -0.39 is 11.4 Å². The van der Waals surface area contributed by atoms with Crippen molar-refractivity contribution in [1.29, 1.82) is 0 Å². The van der Waals surface area contributed by atoms with Crippen molar-refractivity contribution in [2.45, 2.75) is 25.7 Å². The highest BCUT2D eigenvalue weighted by Crippen LogP contribution is 2.40. The molecule has 5 rings (SSSR count). The number of likely N-dealkylation sites (N-methyl/N-ethyl adjacent to an activating group) is 1. The maximum absolute atomic E-state index is 13.7. The van der Waals surface area contributed by atoms with Gasteiger partial charge in [0.2, 0.25) is 0 Å². The summed E-state index contributed by atoms with van der Waals surface area (Å²) in [5, 5.41) is 11.1. The number of aromatic amines is 1. The summed E-state index contributed by atoms with van der Waals surface area (Å²) >= 11 is 0. The highest BCUT2D eigenvalue weighted by molar-refractivity contribution is 6.17. The Kier molecular flexibility index (Phi) is 7.27. The second kappa shape index (κ2) is 10.6. The molecular formula is C30H36N4O4. The molecule has 0 spiro atoms. The SMILES string of the molecule is CN1CCN(CCCOc2cccc(C(=O)N3C=C(C(=O)O)c4[nH]c5ccccc5c4C(C)(C)C3)c2)CC1. The number of benzene rings is 2. The van der Waals surface area contributed by atoms with Crippen LogP contribution in [0.3, 0.4) is 0 Å². The number of carbonyl (C=O) groups excluding carboxylic acids is 1. The van der Waals surface area contributed by atoms with Gasteiger partial charge in [-0.2, -0.15) is 0 Å². The molecule has 38 heavy (non-hydrogen) atoms. The van der Waals surface area contributed by atoms with Gasteiger partial charge >= 0.3 is 5.97 Å². The fourth-order valence-electron chi connectivity index (χ4n) is 5.54. The first kappa shape index (κ1) is 26.0. The largest absolute Gasteiger partial charge is 0.494 e. The fourth-order valence-corrected chi connectivity index (χ4v) is 5.54. The summed E-state index contributed by atoms with van der Waals surface area (Å²) in [6, 6.07) is 15.0. The number of fused-ring (bicyclic) bond motifs is 3. The molecule has 0 unspecified atom stereocenters. The van der Waals surface area contributed by atoms with Gasteiger partial charge in [-0.05, 0) is 43.3 Å². The summed E-state index contributed by atoms with van der Waals surface area (Å²) in [6.07, 6.45) is 2.38. The van der Waals surface area contributed by atoms with Crippen molar-refractivity contribution >= 4 is 28.4 Å². The normalized spacial score (nSPS) is 18.1. The van der Waals surface area contributed by atoms with Crippen LogP contribution in [0.4, 0.5) is 0 Å². The van der Waals surface area contributed by atoms with E-state index in [9.17, 15) is 14.7 Å². The van der Waals surface area contributed by atoms with Gasteiger partial charge < -0.3 is 29.5 Å². The molecule has 0 atom stereocenters. The Morgan fingerprint density at radius 2 is 1.82 bits per heavy atom. The second-order valence-electron chi connectivity index (χ2n) is 11.0. The number of nitrogens with zero attached hydrogens (tertiary/aromatic N) is 3. The third kappa shape index (κ3) is 5.33. The van der Waals surface area contributed by atoms with Crippen LogP contribution in [0.5, 0.6) is 5.75 Å². The van der Waals surface area contributed by atoms with E-state index in [1.807, 2.05) is 50.2 Å². The first-order valence-corrected chi connectivity index (χ1v) is 13.2. The number of rotatable bonds is 7. The summed E-state index contributed by atoms with van der Waals surface area (Å²) in [6.45, 7) is 10.4. The Balaban J connectivity index is 1.32. The van der Waals surface area contributed by atoms with Crippen molar-refractivity contribution in [3.05, 3.63) is 71.6 Å². The molecule has 200 valence electrons. The zero-order valence-corrected chi connectivity index (χ0v) is 22.4. The van der Waals surface area contributed by atoms with Crippen LogP contribution >= 0.6 is 0 Å². The molecule has 3 aromatic rings. The van der Waals surface area contributed by atoms with Crippen molar-refractivity contribution in [2.75, 3.05) is 52.9 Å². The van der Waals surface area contributed by atoms with Crippen LogP contribution < -0.4 is 4.74 Å². The van der Waals surface area contributed by atoms with E-state index in [0.29, 0.717) is 30.2 Å². The molecule has 3 heterocycles. The summed E-state index contributed by atoms with van der Waals surface area (Å²) < 4.78 is 5.99. The fraction of sp³-hybridized carbons (Fsp3) is 0.400. The van der Waals surface area contributed by atoms with Crippen LogP contribution in [0.1, 0.15) is 41.9 Å². The number of hydrogen-bond acceptors (Lipinski definition) is 5. The number of amides is 1. The minimum Gasteiger partial charge on any atom is -0.494 e. The van der Waals surface area contributed by atoms with Gasteiger partial charge in [0.05, 0.1) is 17.9 Å². The Morgan fingerprint density at radius 3 is 2.58 bits per heavy atom. The Morgan fingerprint density at radius 1 is 1.05 bits per heavy atom. The number of carboxylic acids is 1. The van der Waals surface area contributed by atoms with E-state index in [-0.39, 0.29) is 11.5 Å². The number of hydrogen-bond donors (Lipinski definition) is 2. The second-order valence-corrected chi connectivity index (χ2v) is 11.0. The zero-order chi connectivity index (χ0) is 26.9. The maximum Gasteiger partial charge on any atom is 0.339 e. The molecule has 2 N–H and O–H groups in total. The average Bonchev–Trinajstić information content (AvgIpc) is 3.24.